The monoisotopic (exact) mass is 139 g/mol. The van der Waals surface area contributed by atoms with Gasteiger partial charge in [-0.3, -0.25) is 0 Å². The number of nitrogens with one attached hydrogen (secondary N) is 1. The maximum absolute atomic E-state index is 8.40. The molecule has 0 aromatic heterocycles. The van der Waals surface area contributed by atoms with Gasteiger partial charge < -0.3 is 10.2 Å². The zero-order valence-corrected chi connectivity index (χ0v) is 6.30. The molecule has 1 aliphatic rings. The van der Waals surface area contributed by atoms with E-state index in [1.54, 1.807) is 0 Å². The van der Waals surface area contributed by atoms with E-state index in [1.807, 2.05) is 0 Å². The molecule has 56 valence electrons. The molecular formula is C7H13N3. The average molecular weight is 139 g/mol. The Labute approximate surface area is 61.6 Å². The van der Waals surface area contributed by atoms with Gasteiger partial charge in [0.2, 0.25) is 0 Å². The molecule has 1 saturated heterocycles. The Morgan fingerprint density at radius 2 is 2.60 bits per heavy atom. The second kappa shape index (κ2) is 3.55. The lowest BCUT2D eigenvalue weighted by atomic mass is 10.2. The van der Waals surface area contributed by atoms with Gasteiger partial charge in [-0.15, -0.1) is 0 Å². The van der Waals surface area contributed by atoms with Crippen molar-refractivity contribution in [2.45, 2.75) is 12.5 Å². The fraction of sp³-hybridized carbons (Fsp3) is 0.857. The van der Waals surface area contributed by atoms with E-state index in [4.69, 9.17) is 5.26 Å². The summed E-state index contributed by atoms with van der Waals surface area (Å²) in [7, 11) is 2.09. The van der Waals surface area contributed by atoms with Crippen LogP contribution in [0.1, 0.15) is 6.42 Å². The highest BCUT2D eigenvalue weighted by atomic mass is 15.2. The summed E-state index contributed by atoms with van der Waals surface area (Å²) in [5.41, 5.74) is 0. The molecule has 0 aromatic rings. The first kappa shape index (κ1) is 7.52. The van der Waals surface area contributed by atoms with Crippen molar-refractivity contribution >= 4 is 0 Å². The van der Waals surface area contributed by atoms with Crippen LogP contribution in [0, 0.1) is 11.3 Å². The van der Waals surface area contributed by atoms with Gasteiger partial charge in [0.25, 0.3) is 0 Å². The van der Waals surface area contributed by atoms with Crippen LogP contribution in [-0.2, 0) is 0 Å². The summed E-state index contributed by atoms with van der Waals surface area (Å²) in [4.78, 5) is 2.25. The average Bonchev–Trinajstić information content (AvgIpc) is 1.88. The van der Waals surface area contributed by atoms with Gasteiger partial charge in [-0.2, -0.15) is 5.26 Å². The van der Waals surface area contributed by atoms with Crippen LogP contribution in [-0.4, -0.2) is 37.6 Å². The van der Waals surface area contributed by atoms with Crippen LogP contribution in [0.25, 0.3) is 0 Å². The topological polar surface area (TPSA) is 39.1 Å². The Hall–Kier alpha value is -0.590. The van der Waals surface area contributed by atoms with Gasteiger partial charge in [0.1, 0.15) is 0 Å². The predicted octanol–water partition coefficient (Wildman–Crippen LogP) is -0.196. The second-order valence-electron chi connectivity index (χ2n) is 2.78. The number of rotatable bonds is 1. The van der Waals surface area contributed by atoms with E-state index >= 15 is 0 Å². The maximum Gasteiger partial charge on any atom is 0.0638 e. The van der Waals surface area contributed by atoms with Crippen LogP contribution >= 0.6 is 0 Å². The summed E-state index contributed by atoms with van der Waals surface area (Å²) in [5.74, 6) is 0. The molecular weight excluding hydrogens is 126 g/mol. The molecule has 1 aliphatic heterocycles. The Bertz CT molecular complexity index is 138. The van der Waals surface area contributed by atoms with Crippen LogP contribution in [0.5, 0.6) is 0 Å². The van der Waals surface area contributed by atoms with Crippen molar-refractivity contribution < 1.29 is 0 Å². The fourth-order valence-electron chi connectivity index (χ4n) is 1.24. The van der Waals surface area contributed by atoms with Crippen LogP contribution in [0.3, 0.4) is 0 Å². The summed E-state index contributed by atoms with van der Waals surface area (Å²) < 4.78 is 0. The third-order valence-electron chi connectivity index (χ3n) is 1.80. The summed E-state index contributed by atoms with van der Waals surface area (Å²) >= 11 is 0. The SMILES string of the molecule is CN1CCNC(CC#N)C1. The van der Waals surface area contributed by atoms with Gasteiger partial charge in [-0.1, -0.05) is 0 Å². The van der Waals surface area contributed by atoms with Crippen LogP contribution in [0.15, 0.2) is 0 Å². The van der Waals surface area contributed by atoms with E-state index in [0.717, 1.165) is 19.6 Å². The number of hydrogen-bond donors (Lipinski definition) is 1. The van der Waals surface area contributed by atoms with Crippen LogP contribution in [0.4, 0.5) is 0 Å². The predicted molar refractivity (Wildman–Crippen MR) is 39.5 cm³/mol. The summed E-state index contributed by atoms with van der Waals surface area (Å²) in [6, 6.07) is 2.56. The summed E-state index contributed by atoms with van der Waals surface area (Å²) in [5, 5.41) is 11.7. The normalized spacial score (nSPS) is 27.8. The summed E-state index contributed by atoms with van der Waals surface area (Å²) in [6.45, 7) is 3.12. The first-order chi connectivity index (χ1) is 4.83. The van der Waals surface area contributed by atoms with Crippen molar-refractivity contribution in [3.8, 4) is 6.07 Å². The number of piperazine rings is 1. The maximum atomic E-state index is 8.40. The molecule has 0 aliphatic carbocycles. The largest absolute Gasteiger partial charge is 0.310 e. The lowest BCUT2D eigenvalue weighted by molar-refractivity contribution is 0.240. The van der Waals surface area contributed by atoms with Gasteiger partial charge >= 0.3 is 0 Å². The molecule has 1 rings (SSSR count). The molecule has 1 N–H and O–H groups in total. The Morgan fingerprint density at radius 1 is 1.80 bits per heavy atom. The summed E-state index contributed by atoms with van der Waals surface area (Å²) in [6.07, 6.45) is 0.629. The standard InChI is InChI=1S/C7H13N3/c1-10-5-4-9-7(6-10)2-3-8/h7,9H,2,4-6H2,1H3. The van der Waals surface area contributed by atoms with E-state index in [0.29, 0.717) is 12.5 Å². The Kier molecular flexibility index (Phi) is 2.67. The molecule has 0 spiro atoms. The van der Waals surface area contributed by atoms with Crippen molar-refractivity contribution in [1.82, 2.24) is 10.2 Å². The number of likely N-dealkylation sites (N-methyl/N-ethyl adjacent to an activating group) is 1. The number of hydrogen-bond acceptors (Lipinski definition) is 3. The minimum Gasteiger partial charge on any atom is -0.310 e. The zero-order valence-electron chi connectivity index (χ0n) is 6.30. The second-order valence-corrected chi connectivity index (χ2v) is 2.78. The fourth-order valence-corrected chi connectivity index (χ4v) is 1.24. The lowest BCUT2D eigenvalue weighted by Crippen LogP contribution is -2.48. The van der Waals surface area contributed by atoms with Gasteiger partial charge in [0.05, 0.1) is 12.5 Å². The Morgan fingerprint density at radius 3 is 3.20 bits per heavy atom. The van der Waals surface area contributed by atoms with Crippen molar-refractivity contribution in [2.24, 2.45) is 0 Å². The zero-order chi connectivity index (χ0) is 7.40. The number of nitriles is 1. The molecule has 1 unspecified atom stereocenters. The molecule has 10 heavy (non-hydrogen) atoms. The molecule has 1 heterocycles. The van der Waals surface area contributed by atoms with Gasteiger partial charge in [-0.05, 0) is 7.05 Å². The third kappa shape index (κ3) is 1.98. The highest BCUT2D eigenvalue weighted by molar-refractivity contribution is 4.85. The highest BCUT2D eigenvalue weighted by Gasteiger charge is 2.14. The van der Waals surface area contributed by atoms with E-state index in [2.05, 4.69) is 23.3 Å². The minimum atomic E-state index is 0.392. The first-order valence-electron chi connectivity index (χ1n) is 3.62. The Balaban J connectivity index is 2.27. The van der Waals surface area contributed by atoms with Gasteiger partial charge in [0, 0.05) is 25.7 Å². The molecule has 0 aromatic carbocycles. The molecule has 1 atom stereocenters. The van der Waals surface area contributed by atoms with Crippen molar-refractivity contribution in [2.75, 3.05) is 26.7 Å². The van der Waals surface area contributed by atoms with Crippen LogP contribution in [0.2, 0.25) is 0 Å². The molecule has 3 heteroatoms. The van der Waals surface area contributed by atoms with E-state index in [9.17, 15) is 0 Å². The van der Waals surface area contributed by atoms with Crippen molar-refractivity contribution in [3.63, 3.8) is 0 Å². The highest BCUT2D eigenvalue weighted by Crippen LogP contribution is 1.98. The number of nitrogens with zero attached hydrogens (tertiary/aromatic N) is 2. The third-order valence-corrected chi connectivity index (χ3v) is 1.80. The minimum absolute atomic E-state index is 0.392. The van der Waals surface area contributed by atoms with Crippen molar-refractivity contribution in [1.29, 1.82) is 5.26 Å². The molecule has 0 bridgehead atoms. The molecule has 0 amide bonds. The van der Waals surface area contributed by atoms with E-state index in [1.165, 1.54) is 0 Å². The lowest BCUT2D eigenvalue weighted by Gasteiger charge is -2.29. The smallest absolute Gasteiger partial charge is 0.0638 e. The molecule has 0 radical (unpaired) electrons. The molecule has 3 nitrogen and oxygen atoms in total. The van der Waals surface area contributed by atoms with Crippen molar-refractivity contribution in [3.05, 3.63) is 0 Å². The van der Waals surface area contributed by atoms with E-state index in [-0.39, 0.29) is 0 Å². The van der Waals surface area contributed by atoms with Gasteiger partial charge in [-0.25, -0.2) is 0 Å². The van der Waals surface area contributed by atoms with E-state index < -0.39 is 0 Å². The van der Waals surface area contributed by atoms with Gasteiger partial charge in [0.15, 0.2) is 0 Å². The first-order valence-corrected chi connectivity index (χ1v) is 3.62. The quantitative estimate of drug-likeness (QED) is 0.547. The van der Waals surface area contributed by atoms with Crippen LogP contribution < -0.4 is 5.32 Å². The molecule has 1 fully saturated rings. The molecule has 0 saturated carbocycles.